The topological polar surface area (TPSA) is 39.7 Å². The van der Waals surface area contributed by atoms with E-state index in [1.54, 1.807) is 0 Å². The van der Waals surface area contributed by atoms with Crippen LogP contribution < -0.4 is 10.1 Å². The number of hydrogen-bond acceptors (Lipinski definition) is 4. The van der Waals surface area contributed by atoms with Gasteiger partial charge < -0.3 is 19.5 Å². The number of halogens is 2. The third-order valence-corrected chi connectivity index (χ3v) is 6.64. The number of nitrogens with one attached hydrogen (secondary N) is 1. The van der Waals surface area contributed by atoms with Gasteiger partial charge in [0.05, 0.1) is 32.5 Å². The second kappa shape index (κ2) is 14.7. The molecule has 2 unspecified atom stereocenters. The molecule has 4 rings (SSSR count). The highest BCUT2D eigenvalue weighted by Gasteiger charge is 2.27. The van der Waals surface area contributed by atoms with Crippen molar-refractivity contribution in [3.05, 3.63) is 99.1 Å². The minimum atomic E-state index is 0. The molecular weight excluding hydrogens is 561 g/mol. The Morgan fingerprint density at radius 1 is 0.824 bits per heavy atom. The Morgan fingerprint density at radius 3 is 2.32 bits per heavy atom. The van der Waals surface area contributed by atoms with Gasteiger partial charge in [0.25, 0.3) is 0 Å². The van der Waals surface area contributed by atoms with Gasteiger partial charge in [0, 0.05) is 22.5 Å². The maximum absolute atomic E-state index is 6.33. The van der Waals surface area contributed by atoms with Crippen LogP contribution in [0.5, 0.6) is 5.75 Å². The van der Waals surface area contributed by atoms with E-state index in [9.17, 15) is 0 Å². The lowest BCUT2D eigenvalue weighted by Gasteiger charge is -2.32. The van der Waals surface area contributed by atoms with Crippen LogP contribution in [0, 0.1) is 3.57 Å². The summed E-state index contributed by atoms with van der Waals surface area (Å²) in [5.41, 5.74) is 3.74. The summed E-state index contributed by atoms with van der Waals surface area (Å²) in [6.07, 6.45) is 2.12. The molecule has 0 bridgehead atoms. The molecule has 34 heavy (non-hydrogen) atoms. The van der Waals surface area contributed by atoms with E-state index >= 15 is 0 Å². The van der Waals surface area contributed by atoms with Crippen LogP contribution in [-0.2, 0) is 22.7 Å². The summed E-state index contributed by atoms with van der Waals surface area (Å²) in [4.78, 5) is 0. The van der Waals surface area contributed by atoms with Gasteiger partial charge in [-0.15, -0.1) is 12.4 Å². The van der Waals surface area contributed by atoms with Gasteiger partial charge in [0.2, 0.25) is 0 Å². The highest BCUT2D eigenvalue weighted by Crippen LogP contribution is 2.29. The molecule has 3 aromatic carbocycles. The van der Waals surface area contributed by atoms with Crippen molar-refractivity contribution in [3.8, 4) is 5.75 Å². The molecule has 1 aliphatic heterocycles. The maximum Gasteiger partial charge on any atom is 0.119 e. The Balaban J connectivity index is 0.00000324. The van der Waals surface area contributed by atoms with Crippen LogP contribution in [0.4, 0.5) is 0 Å². The Bertz CT molecular complexity index is 954. The fourth-order valence-electron chi connectivity index (χ4n) is 4.10. The van der Waals surface area contributed by atoms with Crippen LogP contribution in [0.3, 0.4) is 0 Å². The minimum absolute atomic E-state index is 0. The largest absolute Gasteiger partial charge is 0.494 e. The van der Waals surface area contributed by atoms with E-state index in [1.807, 2.05) is 18.2 Å². The van der Waals surface area contributed by atoms with Crippen molar-refractivity contribution in [2.24, 2.45) is 0 Å². The lowest BCUT2D eigenvalue weighted by Crippen LogP contribution is -2.40. The van der Waals surface area contributed by atoms with E-state index in [1.165, 1.54) is 20.3 Å². The molecule has 2 atom stereocenters. The van der Waals surface area contributed by atoms with Crippen molar-refractivity contribution in [1.82, 2.24) is 5.32 Å². The van der Waals surface area contributed by atoms with Crippen LogP contribution in [0.2, 0.25) is 0 Å². The molecule has 0 amide bonds. The highest BCUT2D eigenvalue weighted by molar-refractivity contribution is 14.1. The molecule has 1 fully saturated rings. The standard InChI is InChI=1S/C28H32INO3.ClH/c29-25-11-7-23(8-12-25)21-33-28-19-30-16-15-27(28)24-9-13-26(14-10-24)32-18-4-17-31-20-22-5-2-1-3-6-22;/h1-3,5-14,27-28,30H,4,15-21H2;1H. The molecule has 1 saturated heterocycles. The van der Waals surface area contributed by atoms with Crippen LogP contribution in [0.1, 0.15) is 35.4 Å². The molecule has 0 aliphatic carbocycles. The van der Waals surface area contributed by atoms with Crippen LogP contribution in [0.25, 0.3) is 0 Å². The maximum atomic E-state index is 6.33. The van der Waals surface area contributed by atoms with Gasteiger partial charge in [0.1, 0.15) is 5.75 Å². The van der Waals surface area contributed by atoms with Gasteiger partial charge in [-0.3, -0.25) is 0 Å². The first-order chi connectivity index (χ1) is 16.3. The molecule has 3 aromatic rings. The number of piperidine rings is 1. The Morgan fingerprint density at radius 2 is 1.56 bits per heavy atom. The molecule has 0 radical (unpaired) electrons. The van der Waals surface area contributed by atoms with Crippen molar-refractivity contribution in [3.63, 3.8) is 0 Å². The van der Waals surface area contributed by atoms with Gasteiger partial charge in [-0.05, 0) is 76.5 Å². The predicted octanol–water partition coefficient (Wildman–Crippen LogP) is 6.36. The molecular formula is C28H33ClINO3. The monoisotopic (exact) mass is 593 g/mol. The molecule has 1 N–H and O–H groups in total. The van der Waals surface area contributed by atoms with E-state index in [4.69, 9.17) is 14.2 Å². The quantitative estimate of drug-likeness (QED) is 0.207. The van der Waals surface area contributed by atoms with E-state index in [0.29, 0.717) is 32.3 Å². The van der Waals surface area contributed by atoms with Crippen molar-refractivity contribution in [2.75, 3.05) is 26.3 Å². The second-order valence-corrected chi connectivity index (χ2v) is 9.63. The lowest BCUT2D eigenvalue weighted by molar-refractivity contribution is 0.0106. The van der Waals surface area contributed by atoms with Gasteiger partial charge >= 0.3 is 0 Å². The van der Waals surface area contributed by atoms with Crippen molar-refractivity contribution in [1.29, 1.82) is 0 Å². The fourth-order valence-corrected chi connectivity index (χ4v) is 4.46. The molecule has 1 heterocycles. The van der Waals surface area contributed by atoms with Gasteiger partial charge in [0.15, 0.2) is 0 Å². The van der Waals surface area contributed by atoms with Gasteiger partial charge in [-0.25, -0.2) is 0 Å². The molecule has 1 aliphatic rings. The summed E-state index contributed by atoms with van der Waals surface area (Å²) in [6.45, 7) is 4.56. The summed E-state index contributed by atoms with van der Waals surface area (Å²) in [5, 5.41) is 3.48. The summed E-state index contributed by atoms with van der Waals surface area (Å²) >= 11 is 2.33. The second-order valence-electron chi connectivity index (χ2n) is 8.38. The first kappa shape index (κ1) is 27.0. The third kappa shape index (κ3) is 8.54. The fraction of sp³-hybridized carbons (Fsp3) is 0.357. The smallest absolute Gasteiger partial charge is 0.119 e. The van der Waals surface area contributed by atoms with Crippen LogP contribution in [0.15, 0.2) is 78.9 Å². The number of hydrogen-bond donors (Lipinski definition) is 1. The zero-order valence-corrected chi connectivity index (χ0v) is 22.3. The number of ether oxygens (including phenoxy) is 3. The minimum Gasteiger partial charge on any atom is -0.494 e. The zero-order valence-electron chi connectivity index (χ0n) is 19.3. The Kier molecular flexibility index (Phi) is 11.6. The third-order valence-electron chi connectivity index (χ3n) is 5.93. The van der Waals surface area contributed by atoms with Crippen LogP contribution >= 0.6 is 35.0 Å². The predicted molar refractivity (Wildman–Crippen MR) is 148 cm³/mol. The van der Waals surface area contributed by atoms with E-state index in [2.05, 4.69) is 88.6 Å². The highest BCUT2D eigenvalue weighted by atomic mass is 127. The van der Waals surface area contributed by atoms with Crippen molar-refractivity contribution < 1.29 is 14.2 Å². The van der Waals surface area contributed by atoms with Gasteiger partial charge in [-0.1, -0.05) is 54.6 Å². The molecule has 4 nitrogen and oxygen atoms in total. The number of rotatable bonds is 11. The van der Waals surface area contributed by atoms with E-state index in [0.717, 1.165) is 31.7 Å². The number of benzene rings is 3. The van der Waals surface area contributed by atoms with Crippen LogP contribution in [-0.4, -0.2) is 32.4 Å². The SMILES string of the molecule is Cl.Ic1ccc(COC2CNCCC2c2ccc(OCCCOCc3ccccc3)cc2)cc1. The van der Waals surface area contributed by atoms with Gasteiger partial charge in [-0.2, -0.15) is 0 Å². The average Bonchev–Trinajstić information content (AvgIpc) is 2.87. The summed E-state index contributed by atoms with van der Waals surface area (Å²) in [6, 6.07) is 27.4. The molecule has 6 heteroatoms. The zero-order chi connectivity index (χ0) is 22.7. The summed E-state index contributed by atoms with van der Waals surface area (Å²) < 4.78 is 19.2. The molecule has 0 aromatic heterocycles. The van der Waals surface area contributed by atoms with Crippen molar-refractivity contribution in [2.45, 2.75) is 38.1 Å². The molecule has 0 saturated carbocycles. The Labute approximate surface area is 222 Å². The normalized spacial score (nSPS) is 17.7. The van der Waals surface area contributed by atoms with E-state index in [-0.39, 0.29) is 18.5 Å². The first-order valence-corrected chi connectivity index (χ1v) is 12.8. The van der Waals surface area contributed by atoms with E-state index < -0.39 is 0 Å². The lowest BCUT2D eigenvalue weighted by atomic mass is 9.87. The Hall–Kier alpha value is -1.64. The molecule has 0 spiro atoms. The summed E-state index contributed by atoms with van der Waals surface area (Å²) in [5.74, 6) is 1.31. The summed E-state index contributed by atoms with van der Waals surface area (Å²) in [7, 11) is 0. The van der Waals surface area contributed by atoms with Crippen molar-refractivity contribution >= 4 is 35.0 Å². The first-order valence-electron chi connectivity index (χ1n) is 11.7. The molecule has 182 valence electrons. The average molecular weight is 594 g/mol.